The fourth-order valence-electron chi connectivity index (χ4n) is 1.92. The number of allylic oxidation sites excluding steroid dienone is 1. The first-order valence-electron chi connectivity index (χ1n) is 7.28. The monoisotopic (exact) mass is 330 g/mol. The van der Waals surface area contributed by atoms with Crippen LogP contribution in [0.5, 0.6) is 5.75 Å². The lowest BCUT2D eigenvalue weighted by Crippen LogP contribution is -2.10. The first-order chi connectivity index (χ1) is 11.0. The van der Waals surface area contributed by atoms with Crippen molar-refractivity contribution in [2.75, 3.05) is 5.32 Å². The van der Waals surface area contributed by atoms with Gasteiger partial charge >= 0.3 is 0 Å². The number of aromatic nitrogens is 1. The summed E-state index contributed by atoms with van der Waals surface area (Å²) < 4.78 is 0. The van der Waals surface area contributed by atoms with Gasteiger partial charge < -0.3 is 10.4 Å². The number of aryl methyl sites for hydroxylation is 1. The summed E-state index contributed by atoms with van der Waals surface area (Å²) in [5.41, 5.74) is 1.41. The van der Waals surface area contributed by atoms with Crippen molar-refractivity contribution in [1.82, 2.24) is 4.98 Å². The Hall–Kier alpha value is -2.47. The van der Waals surface area contributed by atoms with Gasteiger partial charge in [-0.15, -0.1) is 0 Å². The summed E-state index contributed by atoms with van der Waals surface area (Å²) in [7, 11) is 0. The molecule has 1 heterocycles. The quantitative estimate of drug-likeness (QED) is 0.624. The molecule has 0 saturated heterocycles. The highest BCUT2D eigenvalue weighted by Gasteiger charge is 2.14. The van der Waals surface area contributed by atoms with Crippen LogP contribution in [0.15, 0.2) is 30.3 Å². The van der Waals surface area contributed by atoms with Crippen LogP contribution in [0.2, 0.25) is 0 Å². The number of anilines is 1. The van der Waals surface area contributed by atoms with Crippen LogP contribution in [-0.2, 0) is 4.79 Å². The molecule has 0 atom stereocenters. The van der Waals surface area contributed by atoms with E-state index in [-0.39, 0.29) is 17.4 Å². The smallest absolute Gasteiger partial charge is 0.226 e. The van der Waals surface area contributed by atoms with Gasteiger partial charge in [-0.1, -0.05) is 36.5 Å². The lowest BCUT2D eigenvalue weighted by atomic mass is 10.1. The summed E-state index contributed by atoms with van der Waals surface area (Å²) in [6, 6.07) is 6.55. The summed E-state index contributed by atoms with van der Waals surface area (Å²) in [5.74, 6) is -0.0804. The van der Waals surface area contributed by atoms with Crippen molar-refractivity contribution in [3.8, 4) is 5.75 Å². The number of amides is 1. The zero-order chi connectivity index (χ0) is 16.8. The molecule has 0 unspecified atom stereocenters. The van der Waals surface area contributed by atoms with E-state index in [1.54, 1.807) is 37.3 Å². The largest absolute Gasteiger partial charge is 0.508 e. The average molecular weight is 330 g/mol. The van der Waals surface area contributed by atoms with Crippen molar-refractivity contribution in [2.45, 2.75) is 26.7 Å². The van der Waals surface area contributed by atoms with Gasteiger partial charge in [0.15, 0.2) is 10.9 Å². The summed E-state index contributed by atoms with van der Waals surface area (Å²) in [6.07, 6.45) is 4.33. The van der Waals surface area contributed by atoms with Crippen molar-refractivity contribution >= 4 is 34.2 Å². The van der Waals surface area contributed by atoms with Gasteiger partial charge in [-0.3, -0.25) is 9.59 Å². The zero-order valence-corrected chi connectivity index (χ0v) is 13.8. The normalized spacial score (nSPS) is 10.9. The molecule has 23 heavy (non-hydrogen) atoms. The van der Waals surface area contributed by atoms with Gasteiger partial charge in [-0.25, -0.2) is 4.98 Å². The van der Waals surface area contributed by atoms with Gasteiger partial charge in [-0.2, -0.15) is 0 Å². The molecule has 1 aromatic heterocycles. The number of carbonyl (C=O) groups is 2. The predicted molar refractivity (Wildman–Crippen MR) is 91.9 cm³/mol. The second-order valence-corrected chi connectivity index (χ2v) is 6.02. The molecule has 2 aromatic rings. The van der Waals surface area contributed by atoms with E-state index < -0.39 is 0 Å². The molecule has 0 aliphatic heterocycles. The van der Waals surface area contributed by atoms with Crippen molar-refractivity contribution in [2.24, 2.45) is 0 Å². The number of thiazole rings is 1. The van der Waals surface area contributed by atoms with Gasteiger partial charge in [0.05, 0.1) is 10.6 Å². The van der Waals surface area contributed by atoms with Crippen molar-refractivity contribution in [3.63, 3.8) is 0 Å². The number of ketones is 1. The highest BCUT2D eigenvalue weighted by Crippen LogP contribution is 2.24. The van der Waals surface area contributed by atoms with E-state index in [0.29, 0.717) is 22.1 Å². The van der Waals surface area contributed by atoms with Crippen LogP contribution in [0.4, 0.5) is 5.13 Å². The third-order valence-electron chi connectivity index (χ3n) is 3.06. The first-order valence-corrected chi connectivity index (χ1v) is 8.10. The molecule has 2 rings (SSSR count). The van der Waals surface area contributed by atoms with Gasteiger partial charge in [0, 0.05) is 6.42 Å². The number of hydrogen-bond donors (Lipinski definition) is 2. The summed E-state index contributed by atoms with van der Waals surface area (Å²) in [5, 5.41) is 12.4. The van der Waals surface area contributed by atoms with Gasteiger partial charge in [0.2, 0.25) is 5.91 Å². The van der Waals surface area contributed by atoms with E-state index in [4.69, 9.17) is 0 Å². The van der Waals surface area contributed by atoms with E-state index in [1.807, 2.05) is 6.92 Å². The average Bonchev–Trinajstić information content (AvgIpc) is 2.87. The van der Waals surface area contributed by atoms with E-state index in [9.17, 15) is 14.7 Å². The first kappa shape index (κ1) is 16.9. The Balaban J connectivity index is 2.08. The Kier molecular flexibility index (Phi) is 5.65. The van der Waals surface area contributed by atoms with Crippen LogP contribution < -0.4 is 5.32 Å². The number of phenols is 1. The highest BCUT2D eigenvalue weighted by atomic mass is 32.1. The molecule has 0 aliphatic carbocycles. The fourth-order valence-corrected chi connectivity index (χ4v) is 2.82. The standard InChI is InChI=1S/C17H18N2O3S/c1-3-4-15(22)19-17-18-11(2)16(23-17)14(21)10-7-12-5-8-13(20)9-6-12/h5-10,20H,3-4H2,1-2H3,(H,18,19,22). The number of phenolic OH excluding ortho intramolecular Hbond substituents is 1. The minimum atomic E-state index is -0.163. The van der Waals surface area contributed by atoms with E-state index in [2.05, 4.69) is 10.3 Å². The number of hydrogen-bond acceptors (Lipinski definition) is 5. The van der Waals surface area contributed by atoms with Crippen molar-refractivity contribution in [3.05, 3.63) is 46.5 Å². The Bertz CT molecular complexity index is 733. The molecule has 0 bridgehead atoms. The fraction of sp³-hybridized carbons (Fsp3) is 0.235. The van der Waals surface area contributed by atoms with Gasteiger partial charge in [0.1, 0.15) is 5.75 Å². The summed E-state index contributed by atoms with van der Waals surface area (Å²) >= 11 is 1.18. The molecular weight excluding hydrogens is 312 g/mol. The van der Waals surface area contributed by atoms with Crippen molar-refractivity contribution < 1.29 is 14.7 Å². The van der Waals surface area contributed by atoms with Gasteiger partial charge in [0.25, 0.3) is 0 Å². The predicted octanol–water partition coefficient (Wildman–Crippen LogP) is 3.79. The number of nitrogens with zero attached hydrogens (tertiary/aromatic N) is 1. The van der Waals surface area contributed by atoms with Crippen LogP contribution in [0.1, 0.15) is 40.7 Å². The molecule has 0 saturated carbocycles. The number of rotatable bonds is 6. The third-order valence-corrected chi connectivity index (χ3v) is 4.15. The molecule has 0 spiro atoms. The minimum Gasteiger partial charge on any atom is -0.508 e. The highest BCUT2D eigenvalue weighted by molar-refractivity contribution is 7.18. The van der Waals surface area contributed by atoms with E-state index >= 15 is 0 Å². The van der Waals surface area contributed by atoms with Gasteiger partial charge in [-0.05, 0) is 37.1 Å². The van der Waals surface area contributed by atoms with Crippen LogP contribution in [0.3, 0.4) is 0 Å². The van der Waals surface area contributed by atoms with E-state index in [0.717, 1.165) is 12.0 Å². The Morgan fingerprint density at radius 1 is 1.30 bits per heavy atom. The van der Waals surface area contributed by atoms with Crippen LogP contribution in [-0.4, -0.2) is 21.8 Å². The summed E-state index contributed by atoms with van der Waals surface area (Å²) in [4.78, 5) is 28.6. The molecular formula is C17H18N2O3S. The lowest BCUT2D eigenvalue weighted by molar-refractivity contribution is -0.116. The summed E-state index contributed by atoms with van der Waals surface area (Å²) in [6.45, 7) is 3.67. The van der Waals surface area contributed by atoms with Crippen molar-refractivity contribution in [1.29, 1.82) is 0 Å². The number of benzene rings is 1. The molecule has 6 heteroatoms. The number of aromatic hydroxyl groups is 1. The molecule has 0 aliphatic rings. The third kappa shape index (κ3) is 4.75. The van der Waals surface area contributed by atoms with Crippen LogP contribution >= 0.6 is 11.3 Å². The van der Waals surface area contributed by atoms with Crippen LogP contribution in [0.25, 0.3) is 6.08 Å². The molecule has 5 nitrogen and oxygen atoms in total. The van der Waals surface area contributed by atoms with Crippen LogP contribution in [0, 0.1) is 6.92 Å². The minimum absolute atomic E-state index is 0.0973. The Morgan fingerprint density at radius 2 is 2.00 bits per heavy atom. The Labute approximate surface area is 138 Å². The number of carbonyl (C=O) groups excluding carboxylic acids is 2. The maximum Gasteiger partial charge on any atom is 0.226 e. The SMILES string of the molecule is CCCC(=O)Nc1nc(C)c(C(=O)C=Cc2ccc(O)cc2)s1. The maximum atomic E-state index is 12.3. The molecule has 2 N–H and O–H groups in total. The van der Waals surface area contributed by atoms with E-state index in [1.165, 1.54) is 17.4 Å². The number of nitrogens with one attached hydrogen (secondary N) is 1. The molecule has 1 amide bonds. The second-order valence-electron chi connectivity index (χ2n) is 5.02. The topological polar surface area (TPSA) is 79.3 Å². The maximum absolute atomic E-state index is 12.3. The molecule has 1 aromatic carbocycles. The molecule has 0 radical (unpaired) electrons. The lowest BCUT2D eigenvalue weighted by Gasteiger charge is -1.97. The molecule has 0 fully saturated rings. The Morgan fingerprint density at radius 3 is 2.65 bits per heavy atom. The molecule has 120 valence electrons. The zero-order valence-electron chi connectivity index (χ0n) is 13.0. The second kappa shape index (κ2) is 7.69.